The first-order valence-electron chi connectivity index (χ1n) is 8.75. The minimum atomic E-state index is 0.438. The summed E-state index contributed by atoms with van der Waals surface area (Å²) < 4.78 is 11.6. The Kier molecular flexibility index (Phi) is 5.37. The molecular weight excluding hydrogens is 274 g/mol. The van der Waals surface area contributed by atoms with Gasteiger partial charge in [-0.3, -0.25) is 0 Å². The van der Waals surface area contributed by atoms with Crippen LogP contribution >= 0.6 is 0 Å². The predicted molar refractivity (Wildman–Crippen MR) is 89.3 cm³/mol. The van der Waals surface area contributed by atoms with Crippen molar-refractivity contribution in [1.29, 1.82) is 0 Å². The van der Waals surface area contributed by atoms with Crippen molar-refractivity contribution in [3.05, 3.63) is 30.3 Å². The molecule has 0 aromatic heterocycles. The first-order valence-corrected chi connectivity index (χ1v) is 8.75. The molecule has 3 rings (SSSR count). The van der Waals surface area contributed by atoms with Gasteiger partial charge in [0, 0.05) is 25.6 Å². The summed E-state index contributed by atoms with van der Waals surface area (Å²) in [6, 6.07) is 10.1. The van der Waals surface area contributed by atoms with Crippen molar-refractivity contribution in [2.75, 3.05) is 33.4 Å². The molecule has 122 valence electrons. The average Bonchev–Trinajstić information content (AvgIpc) is 2.94. The van der Waals surface area contributed by atoms with E-state index in [9.17, 15) is 0 Å². The maximum absolute atomic E-state index is 5.80. The van der Waals surface area contributed by atoms with Crippen LogP contribution in [0.1, 0.15) is 38.5 Å². The van der Waals surface area contributed by atoms with Crippen molar-refractivity contribution in [3.63, 3.8) is 0 Å². The molecule has 2 aliphatic rings. The van der Waals surface area contributed by atoms with Crippen LogP contribution in [-0.4, -0.2) is 44.4 Å². The van der Waals surface area contributed by atoms with E-state index in [-0.39, 0.29) is 0 Å². The summed E-state index contributed by atoms with van der Waals surface area (Å²) >= 11 is 0. The van der Waals surface area contributed by atoms with Gasteiger partial charge in [-0.15, -0.1) is 0 Å². The SMILES string of the molecule is CO[C@@H]1CCC[C@]12CCCN(CCCOc1ccccc1)C2. The fourth-order valence-electron chi connectivity index (χ4n) is 4.39. The summed E-state index contributed by atoms with van der Waals surface area (Å²) in [4.78, 5) is 2.63. The van der Waals surface area contributed by atoms with Gasteiger partial charge < -0.3 is 14.4 Å². The molecule has 0 N–H and O–H groups in total. The zero-order valence-corrected chi connectivity index (χ0v) is 13.8. The monoisotopic (exact) mass is 303 g/mol. The minimum absolute atomic E-state index is 0.438. The second-order valence-electron chi connectivity index (χ2n) is 6.87. The molecule has 1 aliphatic carbocycles. The topological polar surface area (TPSA) is 21.7 Å². The van der Waals surface area contributed by atoms with Gasteiger partial charge in [0.2, 0.25) is 0 Å². The number of ether oxygens (including phenoxy) is 2. The lowest BCUT2D eigenvalue weighted by Gasteiger charge is -2.43. The van der Waals surface area contributed by atoms with Crippen LogP contribution < -0.4 is 4.74 Å². The molecule has 1 aliphatic heterocycles. The number of hydrogen-bond donors (Lipinski definition) is 0. The van der Waals surface area contributed by atoms with Crippen LogP contribution in [0.3, 0.4) is 0 Å². The maximum atomic E-state index is 5.80. The molecule has 1 saturated carbocycles. The Hall–Kier alpha value is -1.06. The second-order valence-corrected chi connectivity index (χ2v) is 6.87. The summed E-state index contributed by atoms with van der Waals surface area (Å²) in [5.74, 6) is 0.979. The van der Waals surface area contributed by atoms with Crippen molar-refractivity contribution in [2.24, 2.45) is 5.41 Å². The van der Waals surface area contributed by atoms with Gasteiger partial charge in [0.05, 0.1) is 12.7 Å². The highest BCUT2D eigenvalue weighted by Gasteiger charge is 2.45. The summed E-state index contributed by atoms with van der Waals surface area (Å²) in [6.45, 7) is 4.41. The normalized spacial score (nSPS) is 29.0. The maximum Gasteiger partial charge on any atom is 0.119 e. The third-order valence-electron chi connectivity index (χ3n) is 5.43. The number of piperidine rings is 1. The molecule has 1 spiro atoms. The number of benzene rings is 1. The highest BCUT2D eigenvalue weighted by atomic mass is 16.5. The predicted octanol–water partition coefficient (Wildman–Crippen LogP) is 3.74. The number of likely N-dealkylation sites (tertiary alicyclic amines) is 1. The van der Waals surface area contributed by atoms with Crippen molar-refractivity contribution in [1.82, 2.24) is 4.90 Å². The van der Waals surface area contributed by atoms with Gasteiger partial charge in [-0.25, -0.2) is 0 Å². The molecule has 1 aromatic rings. The summed E-state index contributed by atoms with van der Waals surface area (Å²) in [6.07, 6.45) is 8.19. The van der Waals surface area contributed by atoms with E-state index in [2.05, 4.69) is 4.90 Å². The van der Waals surface area contributed by atoms with Gasteiger partial charge in [-0.05, 0) is 50.8 Å². The molecule has 3 nitrogen and oxygen atoms in total. The standard InChI is InChI=1S/C19H29NO2/c1-21-18-10-5-11-19(18)12-6-13-20(16-19)14-7-15-22-17-8-3-2-4-9-17/h2-4,8-9,18H,5-7,10-16H2,1H3/t18-,19-/m1/s1. The molecular formula is C19H29NO2. The quantitative estimate of drug-likeness (QED) is 0.747. The first-order chi connectivity index (χ1) is 10.8. The van der Waals surface area contributed by atoms with E-state index in [4.69, 9.17) is 9.47 Å². The van der Waals surface area contributed by atoms with Crippen molar-refractivity contribution in [3.8, 4) is 5.75 Å². The third-order valence-corrected chi connectivity index (χ3v) is 5.43. The van der Waals surface area contributed by atoms with Gasteiger partial charge >= 0.3 is 0 Å². The van der Waals surface area contributed by atoms with E-state index in [1.54, 1.807) is 0 Å². The number of nitrogens with zero attached hydrogens (tertiary/aromatic N) is 1. The largest absolute Gasteiger partial charge is 0.494 e. The highest BCUT2D eigenvalue weighted by Crippen LogP contribution is 2.46. The molecule has 3 heteroatoms. The minimum Gasteiger partial charge on any atom is -0.494 e. The average molecular weight is 303 g/mol. The fourth-order valence-corrected chi connectivity index (χ4v) is 4.39. The first kappa shape index (κ1) is 15.8. The summed E-state index contributed by atoms with van der Waals surface area (Å²) in [5.41, 5.74) is 0.438. The van der Waals surface area contributed by atoms with E-state index in [1.807, 2.05) is 37.4 Å². The van der Waals surface area contributed by atoms with Gasteiger partial charge in [0.1, 0.15) is 5.75 Å². The number of hydrogen-bond acceptors (Lipinski definition) is 3. The smallest absolute Gasteiger partial charge is 0.119 e. The number of para-hydroxylation sites is 1. The third kappa shape index (κ3) is 3.64. The molecule has 0 bridgehead atoms. The van der Waals surface area contributed by atoms with Gasteiger partial charge in [0.25, 0.3) is 0 Å². The van der Waals surface area contributed by atoms with E-state index < -0.39 is 0 Å². The molecule has 0 radical (unpaired) electrons. The van der Waals surface area contributed by atoms with Crippen LogP contribution in [0.2, 0.25) is 0 Å². The lowest BCUT2D eigenvalue weighted by atomic mass is 9.76. The fraction of sp³-hybridized carbons (Fsp3) is 0.684. The Bertz CT molecular complexity index is 450. The van der Waals surface area contributed by atoms with Crippen molar-refractivity contribution < 1.29 is 9.47 Å². The van der Waals surface area contributed by atoms with Crippen LogP contribution in [0, 0.1) is 5.41 Å². The molecule has 1 heterocycles. The second kappa shape index (κ2) is 7.47. The lowest BCUT2D eigenvalue weighted by Crippen LogP contribution is -2.48. The van der Waals surface area contributed by atoms with E-state index in [0.717, 1.165) is 25.3 Å². The van der Waals surface area contributed by atoms with Crippen LogP contribution in [0.4, 0.5) is 0 Å². The van der Waals surface area contributed by atoms with Crippen molar-refractivity contribution in [2.45, 2.75) is 44.6 Å². The zero-order valence-electron chi connectivity index (χ0n) is 13.8. The Balaban J connectivity index is 1.43. The van der Waals surface area contributed by atoms with E-state index >= 15 is 0 Å². The summed E-state index contributed by atoms with van der Waals surface area (Å²) in [5, 5.41) is 0. The van der Waals surface area contributed by atoms with Crippen LogP contribution in [0.25, 0.3) is 0 Å². The van der Waals surface area contributed by atoms with Gasteiger partial charge in [0.15, 0.2) is 0 Å². The van der Waals surface area contributed by atoms with E-state index in [1.165, 1.54) is 45.2 Å². The van der Waals surface area contributed by atoms with E-state index in [0.29, 0.717) is 11.5 Å². The Morgan fingerprint density at radius 1 is 1.18 bits per heavy atom. The Morgan fingerprint density at radius 3 is 2.82 bits per heavy atom. The van der Waals surface area contributed by atoms with Crippen molar-refractivity contribution >= 4 is 0 Å². The molecule has 0 unspecified atom stereocenters. The Labute approximate surface area is 134 Å². The molecule has 1 saturated heterocycles. The molecule has 0 amide bonds. The van der Waals surface area contributed by atoms with Gasteiger partial charge in [-0.1, -0.05) is 24.6 Å². The van der Waals surface area contributed by atoms with Crippen LogP contribution in [0.5, 0.6) is 5.75 Å². The number of methoxy groups -OCH3 is 1. The molecule has 2 fully saturated rings. The van der Waals surface area contributed by atoms with Crippen LogP contribution in [-0.2, 0) is 4.74 Å². The highest BCUT2D eigenvalue weighted by molar-refractivity contribution is 5.20. The summed E-state index contributed by atoms with van der Waals surface area (Å²) in [7, 11) is 1.89. The zero-order chi connectivity index (χ0) is 15.3. The van der Waals surface area contributed by atoms with Gasteiger partial charge in [-0.2, -0.15) is 0 Å². The van der Waals surface area contributed by atoms with Crippen LogP contribution in [0.15, 0.2) is 30.3 Å². The lowest BCUT2D eigenvalue weighted by molar-refractivity contribution is -0.0353. The molecule has 1 aromatic carbocycles. The number of rotatable bonds is 6. The molecule has 22 heavy (non-hydrogen) atoms. The Morgan fingerprint density at radius 2 is 2.00 bits per heavy atom. The molecule has 2 atom stereocenters.